The molecule has 168 valence electrons. The topological polar surface area (TPSA) is 103 Å². The van der Waals surface area contributed by atoms with Crippen LogP contribution < -0.4 is 10.6 Å². The Morgan fingerprint density at radius 2 is 1.79 bits per heavy atom. The maximum atomic E-state index is 13.1. The van der Waals surface area contributed by atoms with Crippen molar-refractivity contribution in [2.75, 3.05) is 31.3 Å². The second kappa shape index (κ2) is 10.1. The molecule has 4 rings (SSSR count). The summed E-state index contributed by atoms with van der Waals surface area (Å²) in [5.74, 6) is 0.369. The van der Waals surface area contributed by atoms with E-state index in [9.17, 15) is 9.59 Å². The van der Waals surface area contributed by atoms with Crippen molar-refractivity contribution in [3.05, 3.63) is 78.2 Å². The van der Waals surface area contributed by atoms with Gasteiger partial charge in [-0.05, 0) is 45.3 Å². The summed E-state index contributed by atoms with van der Waals surface area (Å²) >= 11 is 0. The van der Waals surface area contributed by atoms with Crippen molar-refractivity contribution >= 4 is 39.9 Å². The van der Waals surface area contributed by atoms with Crippen molar-refractivity contribution in [3.8, 4) is 0 Å². The quantitative estimate of drug-likeness (QED) is 0.336. The molecule has 0 unspecified atom stereocenters. The number of benzene rings is 2. The van der Waals surface area contributed by atoms with E-state index in [0.717, 1.165) is 18.7 Å². The third-order valence-electron chi connectivity index (χ3n) is 5.17. The number of hydrogen-bond acceptors (Lipinski definition) is 6. The lowest BCUT2D eigenvalue weighted by molar-refractivity contribution is -0.116. The fourth-order valence-corrected chi connectivity index (χ4v) is 3.57. The third-order valence-corrected chi connectivity index (χ3v) is 5.17. The molecule has 2 aromatic heterocycles. The van der Waals surface area contributed by atoms with Crippen molar-refractivity contribution < 1.29 is 9.59 Å². The lowest BCUT2D eigenvalue weighted by Gasteiger charge is -2.11. The number of fused-ring (bicyclic) bond motifs is 1. The normalized spacial score (nSPS) is 11.0. The van der Waals surface area contributed by atoms with Crippen LogP contribution in [0, 0.1) is 0 Å². The molecular weight excluding hydrogens is 416 g/mol. The van der Waals surface area contributed by atoms with E-state index in [2.05, 4.69) is 30.5 Å². The van der Waals surface area contributed by atoms with E-state index >= 15 is 0 Å². The van der Waals surface area contributed by atoms with Crippen molar-refractivity contribution in [2.24, 2.45) is 0 Å². The molecule has 0 aliphatic heterocycles. The molecule has 0 aliphatic rings. The molecule has 0 atom stereocenters. The van der Waals surface area contributed by atoms with Gasteiger partial charge in [0, 0.05) is 29.6 Å². The number of amides is 1. The molecule has 0 saturated carbocycles. The van der Waals surface area contributed by atoms with Crippen molar-refractivity contribution in [1.29, 1.82) is 0 Å². The first kappa shape index (κ1) is 22.2. The highest BCUT2D eigenvalue weighted by atomic mass is 16.1. The maximum absolute atomic E-state index is 13.1. The van der Waals surface area contributed by atoms with Gasteiger partial charge in [-0.25, -0.2) is 9.97 Å². The van der Waals surface area contributed by atoms with Gasteiger partial charge in [0.05, 0.1) is 10.9 Å². The zero-order valence-electron chi connectivity index (χ0n) is 18.6. The SMILES string of the molecule is CN(C)CCCC(=O)Nc1cccc(Nc2ncnc3[nH]cc(C(=O)c4ccccc4)c23)c1. The van der Waals surface area contributed by atoms with E-state index in [0.29, 0.717) is 40.1 Å². The Balaban J connectivity index is 1.55. The van der Waals surface area contributed by atoms with E-state index in [1.165, 1.54) is 6.33 Å². The summed E-state index contributed by atoms with van der Waals surface area (Å²) in [4.78, 5) is 39.1. The Kier molecular flexibility index (Phi) is 6.75. The van der Waals surface area contributed by atoms with Gasteiger partial charge in [-0.1, -0.05) is 36.4 Å². The first-order chi connectivity index (χ1) is 16.0. The number of hydrogen-bond donors (Lipinski definition) is 3. The molecule has 0 fully saturated rings. The predicted octanol–water partition coefficient (Wildman–Crippen LogP) is 4.21. The van der Waals surface area contributed by atoms with Gasteiger partial charge in [-0.2, -0.15) is 0 Å². The smallest absolute Gasteiger partial charge is 0.224 e. The monoisotopic (exact) mass is 442 g/mol. The summed E-state index contributed by atoms with van der Waals surface area (Å²) < 4.78 is 0. The van der Waals surface area contributed by atoms with Crippen LogP contribution in [-0.2, 0) is 4.79 Å². The Labute approximate surface area is 192 Å². The number of aromatic nitrogens is 3. The summed E-state index contributed by atoms with van der Waals surface area (Å²) in [6, 6.07) is 16.5. The molecule has 0 aliphatic carbocycles. The van der Waals surface area contributed by atoms with Crippen molar-refractivity contribution in [1.82, 2.24) is 19.9 Å². The van der Waals surface area contributed by atoms with Gasteiger partial charge in [0.2, 0.25) is 5.91 Å². The number of nitrogens with zero attached hydrogens (tertiary/aromatic N) is 3. The summed E-state index contributed by atoms with van der Waals surface area (Å²) in [6.45, 7) is 0.861. The largest absolute Gasteiger partial charge is 0.345 e. The van der Waals surface area contributed by atoms with Gasteiger partial charge >= 0.3 is 0 Å². The van der Waals surface area contributed by atoms with Crippen LogP contribution in [-0.4, -0.2) is 52.2 Å². The highest BCUT2D eigenvalue weighted by molar-refractivity contribution is 6.18. The van der Waals surface area contributed by atoms with Gasteiger partial charge in [-0.15, -0.1) is 0 Å². The first-order valence-corrected chi connectivity index (χ1v) is 10.7. The van der Waals surface area contributed by atoms with E-state index in [-0.39, 0.29) is 11.7 Å². The summed E-state index contributed by atoms with van der Waals surface area (Å²) in [7, 11) is 3.97. The second-order valence-corrected chi connectivity index (χ2v) is 8.00. The second-order valence-electron chi connectivity index (χ2n) is 8.00. The fourth-order valence-electron chi connectivity index (χ4n) is 3.57. The number of H-pyrrole nitrogens is 1. The minimum Gasteiger partial charge on any atom is -0.345 e. The molecule has 8 nitrogen and oxygen atoms in total. The molecule has 8 heteroatoms. The van der Waals surface area contributed by atoms with Crippen LogP contribution in [0.1, 0.15) is 28.8 Å². The van der Waals surface area contributed by atoms with Crippen LogP contribution in [0.4, 0.5) is 17.2 Å². The van der Waals surface area contributed by atoms with Crippen LogP contribution >= 0.6 is 0 Å². The molecule has 2 heterocycles. The average Bonchev–Trinajstić information content (AvgIpc) is 3.24. The van der Waals surface area contributed by atoms with E-state index in [1.807, 2.05) is 56.6 Å². The summed E-state index contributed by atoms with van der Waals surface area (Å²) in [5.41, 5.74) is 3.07. The Morgan fingerprint density at radius 1 is 1.00 bits per heavy atom. The standard InChI is InChI=1S/C25H26N6O2/c1-31(2)13-7-12-21(32)29-18-10-6-11-19(14-18)30-25-22-20(15-26-24(22)27-16-28-25)23(33)17-8-4-3-5-9-17/h3-6,8-11,14-16H,7,12-13H2,1-2H3,(H,29,32)(H2,26,27,28,30). The number of aromatic amines is 1. The van der Waals surface area contributed by atoms with Crippen LogP contribution in [0.2, 0.25) is 0 Å². The molecule has 0 spiro atoms. The minimum atomic E-state index is -0.113. The highest BCUT2D eigenvalue weighted by Gasteiger charge is 2.18. The van der Waals surface area contributed by atoms with Gasteiger partial charge in [0.15, 0.2) is 5.78 Å². The van der Waals surface area contributed by atoms with E-state index in [1.54, 1.807) is 18.3 Å². The van der Waals surface area contributed by atoms with Crippen LogP contribution in [0.3, 0.4) is 0 Å². The molecule has 0 bridgehead atoms. The average molecular weight is 443 g/mol. The molecule has 0 saturated heterocycles. The number of carbonyl (C=O) groups is 2. The number of ketones is 1. The Bertz CT molecular complexity index is 1270. The van der Waals surface area contributed by atoms with Gasteiger partial charge in [-0.3, -0.25) is 9.59 Å². The van der Waals surface area contributed by atoms with E-state index in [4.69, 9.17) is 0 Å². The number of anilines is 3. The Hall–Kier alpha value is -4.04. The van der Waals surface area contributed by atoms with Gasteiger partial charge in [0.1, 0.15) is 17.8 Å². The molecule has 2 aromatic carbocycles. The molecule has 4 aromatic rings. The molecule has 33 heavy (non-hydrogen) atoms. The van der Waals surface area contributed by atoms with Crippen molar-refractivity contribution in [2.45, 2.75) is 12.8 Å². The van der Waals surface area contributed by atoms with Crippen molar-refractivity contribution in [3.63, 3.8) is 0 Å². The number of nitrogens with one attached hydrogen (secondary N) is 3. The van der Waals surface area contributed by atoms with Gasteiger partial charge in [0.25, 0.3) is 0 Å². The maximum Gasteiger partial charge on any atom is 0.224 e. The molecule has 3 N–H and O–H groups in total. The predicted molar refractivity (Wildman–Crippen MR) is 130 cm³/mol. The van der Waals surface area contributed by atoms with E-state index < -0.39 is 0 Å². The molecule has 0 radical (unpaired) electrons. The number of rotatable bonds is 9. The van der Waals surface area contributed by atoms with Crippen LogP contribution in [0.25, 0.3) is 11.0 Å². The number of carbonyl (C=O) groups excluding carboxylic acids is 2. The van der Waals surface area contributed by atoms with Crippen LogP contribution in [0.5, 0.6) is 0 Å². The lowest BCUT2D eigenvalue weighted by Crippen LogP contribution is -2.17. The lowest BCUT2D eigenvalue weighted by atomic mass is 10.0. The Morgan fingerprint density at radius 3 is 2.58 bits per heavy atom. The summed E-state index contributed by atoms with van der Waals surface area (Å²) in [5, 5.41) is 6.82. The van der Waals surface area contributed by atoms with Crippen LogP contribution in [0.15, 0.2) is 67.1 Å². The third kappa shape index (κ3) is 5.42. The highest BCUT2D eigenvalue weighted by Crippen LogP contribution is 2.28. The minimum absolute atomic E-state index is 0.0280. The fraction of sp³-hybridized carbons (Fsp3) is 0.200. The first-order valence-electron chi connectivity index (χ1n) is 10.7. The van der Waals surface area contributed by atoms with Gasteiger partial charge < -0.3 is 20.5 Å². The summed E-state index contributed by atoms with van der Waals surface area (Å²) in [6.07, 6.45) is 4.34. The zero-order valence-corrected chi connectivity index (χ0v) is 18.6. The zero-order chi connectivity index (χ0) is 23.2. The molecule has 1 amide bonds. The molecular formula is C25H26N6O2.